The zero-order valence-electron chi connectivity index (χ0n) is 15.9. The highest BCUT2D eigenvalue weighted by Gasteiger charge is 2.33. The molecule has 4 aromatic carbocycles. The van der Waals surface area contributed by atoms with Gasteiger partial charge in [0.25, 0.3) is 0 Å². The molecule has 0 bridgehead atoms. The molecule has 3 nitrogen and oxygen atoms in total. The number of halogens is 1. The number of rotatable bonds is 1. The van der Waals surface area contributed by atoms with Crippen molar-refractivity contribution in [1.29, 1.82) is 0 Å². The maximum Gasteiger partial charge on any atom is 0.342 e. The zero-order chi connectivity index (χ0) is 20.2. The molecule has 0 aliphatic carbocycles. The second-order valence-electron chi connectivity index (χ2n) is 7.53. The van der Waals surface area contributed by atoms with E-state index < -0.39 is 0 Å². The summed E-state index contributed by atoms with van der Waals surface area (Å²) in [6, 6.07) is 28.4. The van der Waals surface area contributed by atoms with Crippen molar-refractivity contribution < 1.29 is 4.42 Å². The topological polar surface area (TPSA) is 42.2 Å². The highest BCUT2D eigenvalue weighted by Crippen LogP contribution is 2.48. The Bertz CT molecular complexity index is 1500. The number of hydrogen-bond acceptors (Lipinski definition) is 3. The Kier molecular flexibility index (Phi) is 3.83. The van der Waals surface area contributed by atoms with Crippen LogP contribution in [0.4, 0.5) is 11.4 Å². The molecular formula is C26H16BrNO2. The summed E-state index contributed by atoms with van der Waals surface area (Å²) in [5.41, 5.74) is 4.95. The van der Waals surface area contributed by atoms with Crippen molar-refractivity contribution >= 4 is 49.0 Å². The Balaban J connectivity index is 1.76. The molecule has 0 amide bonds. The molecule has 1 aromatic heterocycles. The van der Waals surface area contributed by atoms with Crippen LogP contribution in [-0.2, 0) is 0 Å². The van der Waals surface area contributed by atoms with E-state index in [9.17, 15) is 4.79 Å². The van der Waals surface area contributed by atoms with Gasteiger partial charge in [-0.1, -0.05) is 70.5 Å². The average Bonchev–Trinajstić information content (AvgIpc) is 2.78. The van der Waals surface area contributed by atoms with Gasteiger partial charge in [0.15, 0.2) is 0 Å². The van der Waals surface area contributed by atoms with Crippen LogP contribution in [0, 0.1) is 0 Å². The van der Waals surface area contributed by atoms with Crippen LogP contribution < -0.4 is 10.9 Å². The van der Waals surface area contributed by atoms with Crippen LogP contribution in [0.15, 0.2) is 98.6 Å². The van der Waals surface area contributed by atoms with Gasteiger partial charge in [-0.15, -0.1) is 0 Å². The summed E-state index contributed by atoms with van der Waals surface area (Å²) in [6.45, 7) is 0. The smallest absolute Gasteiger partial charge is 0.342 e. The van der Waals surface area contributed by atoms with Crippen LogP contribution in [0.2, 0.25) is 0 Å². The third kappa shape index (κ3) is 2.54. The van der Waals surface area contributed by atoms with Crippen LogP contribution in [-0.4, -0.2) is 0 Å². The van der Waals surface area contributed by atoms with Crippen molar-refractivity contribution in [2.75, 3.05) is 5.32 Å². The van der Waals surface area contributed by atoms with Gasteiger partial charge in [-0.25, -0.2) is 4.79 Å². The van der Waals surface area contributed by atoms with Crippen molar-refractivity contribution in [1.82, 2.24) is 0 Å². The minimum Gasteiger partial charge on any atom is -0.422 e. The molecule has 30 heavy (non-hydrogen) atoms. The first-order chi connectivity index (χ1) is 14.7. The van der Waals surface area contributed by atoms with Gasteiger partial charge in [0.05, 0.1) is 11.3 Å². The number of anilines is 2. The van der Waals surface area contributed by atoms with E-state index >= 15 is 0 Å². The number of benzene rings is 4. The van der Waals surface area contributed by atoms with Crippen molar-refractivity contribution in [2.45, 2.75) is 5.92 Å². The van der Waals surface area contributed by atoms with Gasteiger partial charge < -0.3 is 9.73 Å². The zero-order valence-corrected chi connectivity index (χ0v) is 17.4. The van der Waals surface area contributed by atoms with Gasteiger partial charge in [0, 0.05) is 21.5 Å². The quantitative estimate of drug-likeness (QED) is 0.274. The first-order valence-corrected chi connectivity index (χ1v) is 10.6. The SMILES string of the molecule is O=c1oc2ccccc2c2c1C(c1ccc(Br)cc1)c1c(ccc3ccccc13)N2. The molecule has 144 valence electrons. The fourth-order valence-electron chi connectivity index (χ4n) is 4.54. The van der Waals surface area contributed by atoms with Gasteiger partial charge in [-0.3, -0.25) is 0 Å². The Hall–Kier alpha value is -3.37. The van der Waals surface area contributed by atoms with Crippen LogP contribution in [0.25, 0.3) is 21.7 Å². The largest absolute Gasteiger partial charge is 0.422 e. The monoisotopic (exact) mass is 453 g/mol. The van der Waals surface area contributed by atoms with E-state index in [0.717, 1.165) is 43.1 Å². The predicted octanol–water partition coefficient (Wildman–Crippen LogP) is 6.95. The summed E-state index contributed by atoms with van der Waals surface area (Å²) in [5.74, 6) is -0.226. The van der Waals surface area contributed by atoms with Gasteiger partial charge in [0.2, 0.25) is 0 Å². The van der Waals surface area contributed by atoms with Gasteiger partial charge in [0.1, 0.15) is 5.58 Å². The van der Waals surface area contributed by atoms with E-state index in [0.29, 0.717) is 11.1 Å². The minimum atomic E-state index is -0.303. The molecule has 1 unspecified atom stereocenters. The molecule has 0 saturated heterocycles. The summed E-state index contributed by atoms with van der Waals surface area (Å²) >= 11 is 3.53. The van der Waals surface area contributed by atoms with Crippen molar-refractivity contribution in [2.24, 2.45) is 0 Å². The Morgan fingerprint density at radius 3 is 2.33 bits per heavy atom. The molecule has 1 aliphatic rings. The maximum absolute atomic E-state index is 13.3. The molecular weight excluding hydrogens is 438 g/mol. The molecule has 1 aliphatic heterocycles. The molecule has 5 aromatic rings. The number of para-hydroxylation sites is 1. The number of hydrogen-bond donors (Lipinski definition) is 1. The second kappa shape index (κ2) is 6.57. The first-order valence-electron chi connectivity index (χ1n) is 9.80. The summed E-state index contributed by atoms with van der Waals surface area (Å²) in [4.78, 5) is 13.3. The molecule has 6 rings (SSSR count). The lowest BCUT2D eigenvalue weighted by Crippen LogP contribution is -2.22. The molecule has 0 spiro atoms. The second-order valence-corrected chi connectivity index (χ2v) is 8.45. The normalized spacial score (nSPS) is 14.9. The highest BCUT2D eigenvalue weighted by molar-refractivity contribution is 9.10. The standard InChI is InChI=1S/C26H16BrNO2/c27-17-12-9-16(10-13-17)22-23-18-6-2-1-5-15(18)11-14-20(23)28-25-19-7-3-4-8-21(19)30-26(29)24(22)25/h1-14,22,28H. The van der Waals surface area contributed by atoms with Crippen LogP contribution >= 0.6 is 15.9 Å². The van der Waals surface area contributed by atoms with E-state index in [1.54, 1.807) is 0 Å². The van der Waals surface area contributed by atoms with Crippen molar-refractivity contribution in [3.8, 4) is 0 Å². The van der Waals surface area contributed by atoms with Crippen LogP contribution in [0.5, 0.6) is 0 Å². The third-order valence-electron chi connectivity index (χ3n) is 5.86. The Labute approximate surface area is 181 Å². The van der Waals surface area contributed by atoms with Crippen LogP contribution in [0.1, 0.15) is 22.6 Å². The molecule has 0 fully saturated rings. The van der Waals surface area contributed by atoms with Gasteiger partial charge in [-0.05, 0) is 52.2 Å². The first kappa shape index (κ1) is 17.5. The third-order valence-corrected chi connectivity index (χ3v) is 6.39. The van der Waals surface area contributed by atoms with Gasteiger partial charge in [-0.2, -0.15) is 0 Å². The van der Waals surface area contributed by atoms with E-state index in [1.165, 1.54) is 0 Å². The summed E-state index contributed by atoms with van der Waals surface area (Å²) in [6.07, 6.45) is 0. The number of nitrogens with one attached hydrogen (secondary N) is 1. The maximum atomic E-state index is 13.3. The fraction of sp³-hybridized carbons (Fsp3) is 0.0385. The van der Waals surface area contributed by atoms with E-state index in [4.69, 9.17) is 4.42 Å². The average molecular weight is 454 g/mol. The molecule has 0 saturated carbocycles. The van der Waals surface area contributed by atoms with Gasteiger partial charge >= 0.3 is 5.63 Å². The lowest BCUT2D eigenvalue weighted by Gasteiger charge is -2.30. The summed E-state index contributed by atoms with van der Waals surface area (Å²) in [5, 5.41) is 6.75. The highest BCUT2D eigenvalue weighted by atomic mass is 79.9. The molecule has 2 heterocycles. The Morgan fingerprint density at radius 1 is 0.767 bits per heavy atom. The summed E-state index contributed by atoms with van der Waals surface area (Å²) < 4.78 is 6.76. The lowest BCUT2D eigenvalue weighted by atomic mass is 9.79. The van der Waals surface area contributed by atoms with E-state index in [2.05, 4.69) is 57.6 Å². The molecule has 1 N–H and O–H groups in total. The van der Waals surface area contributed by atoms with E-state index in [1.807, 2.05) is 48.5 Å². The molecule has 0 radical (unpaired) electrons. The van der Waals surface area contributed by atoms with Crippen molar-refractivity contribution in [3.05, 3.63) is 117 Å². The predicted molar refractivity (Wildman–Crippen MR) is 125 cm³/mol. The lowest BCUT2D eigenvalue weighted by molar-refractivity contribution is 0.549. The van der Waals surface area contributed by atoms with E-state index in [-0.39, 0.29) is 11.5 Å². The minimum absolute atomic E-state index is 0.226. The Morgan fingerprint density at radius 2 is 1.50 bits per heavy atom. The summed E-state index contributed by atoms with van der Waals surface area (Å²) in [7, 11) is 0. The van der Waals surface area contributed by atoms with Crippen molar-refractivity contribution in [3.63, 3.8) is 0 Å². The molecule has 1 atom stereocenters. The van der Waals surface area contributed by atoms with Crippen LogP contribution in [0.3, 0.4) is 0 Å². The number of fused-ring (bicyclic) bond motifs is 6. The fourth-order valence-corrected chi connectivity index (χ4v) is 4.81. The molecule has 4 heteroatoms.